The highest BCUT2D eigenvalue weighted by Gasteiger charge is 2.72. The third-order valence-corrected chi connectivity index (χ3v) is 20.9. The molecule has 0 radical (unpaired) electrons. The van der Waals surface area contributed by atoms with Gasteiger partial charge in [0, 0.05) is 0 Å². The van der Waals surface area contributed by atoms with Gasteiger partial charge in [-0.3, -0.25) is 0 Å². The SMILES string of the molecule is CC(C)=CCCC(C)(O[C@@H]1O[C@H](CO[C@@H]2O[C@@H](C)[C@H](O)[C@@H](O)[C@H]2O)[C@@H](O)[C@H](O)[C@H]1O)C1CCC2(C)C1C(O)CC1C3(C)CCC(O[C@@H]4O[C@H](CO)[C@@H](O)[C@H](O)[C@H]4O[C@@H]4O[C@H](CO)[C@@H](O)[C@H](O)[C@H]4O)C(C)(C)C3CCC12C. The molecule has 30 atom stereocenters. The van der Waals surface area contributed by atoms with Crippen LogP contribution in [0.4, 0.5) is 0 Å². The molecule has 440 valence electrons. The fourth-order valence-corrected chi connectivity index (χ4v) is 16.2. The minimum Gasteiger partial charge on any atom is -0.394 e. The van der Waals surface area contributed by atoms with Crippen molar-refractivity contribution in [3.05, 3.63) is 11.6 Å². The van der Waals surface area contributed by atoms with Crippen LogP contribution in [0.2, 0.25) is 0 Å². The quantitative estimate of drug-likeness (QED) is 0.0678. The highest BCUT2D eigenvalue weighted by atomic mass is 16.8. The van der Waals surface area contributed by atoms with E-state index in [0.29, 0.717) is 38.5 Å². The molecule has 0 spiro atoms. The molecule has 4 heterocycles. The largest absolute Gasteiger partial charge is 0.394 e. The van der Waals surface area contributed by atoms with Crippen molar-refractivity contribution in [2.45, 2.75) is 261 Å². The summed E-state index contributed by atoms with van der Waals surface area (Å²) in [5.74, 6) is -0.404. The fraction of sp³-hybridized carbons (Fsp3) is 0.963. The van der Waals surface area contributed by atoms with Gasteiger partial charge >= 0.3 is 0 Å². The number of fused-ring (bicyclic) bond motifs is 5. The smallest absolute Gasteiger partial charge is 0.187 e. The number of hydrogen-bond donors (Lipinski definition) is 14. The second-order valence-electron chi connectivity index (χ2n) is 25.7. The van der Waals surface area contributed by atoms with Gasteiger partial charge in [0.05, 0.1) is 43.7 Å². The van der Waals surface area contributed by atoms with Gasteiger partial charge in [0.2, 0.25) is 0 Å². The van der Waals surface area contributed by atoms with Gasteiger partial charge < -0.3 is 109 Å². The van der Waals surface area contributed by atoms with Crippen LogP contribution in [0.15, 0.2) is 11.6 Å². The molecule has 0 amide bonds. The second kappa shape index (κ2) is 22.9. The molecule has 8 aliphatic rings. The van der Waals surface area contributed by atoms with Crippen molar-refractivity contribution in [2.24, 2.45) is 45.3 Å². The first kappa shape index (κ1) is 60.9. The molecular formula is C54H92O22. The molecule has 0 bridgehead atoms. The monoisotopic (exact) mass is 1090 g/mol. The zero-order valence-corrected chi connectivity index (χ0v) is 45.6. The van der Waals surface area contributed by atoms with E-state index in [1.165, 1.54) is 6.92 Å². The molecule has 4 saturated heterocycles. The van der Waals surface area contributed by atoms with Crippen LogP contribution in [0.5, 0.6) is 0 Å². The van der Waals surface area contributed by atoms with Crippen LogP contribution in [0.25, 0.3) is 0 Å². The van der Waals surface area contributed by atoms with Gasteiger partial charge in [-0.2, -0.15) is 0 Å². The van der Waals surface area contributed by atoms with Crippen LogP contribution in [0.3, 0.4) is 0 Å². The van der Waals surface area contributed by atoms with Gasteiger partial charge in [0.25, 0.3) is 0 Å². The van der Waals surface area contributed by atoms with Crippen LogP contribution in [0.1, 0.15) is 120 Å². The first-order valence-corrected chi connectivity index (χ1v) is 27.7. The third-order valence-electron chi connectivity index (χ3n) is 20.9. The molecule has 0 aromatic heterocycles. The molecule has 8 fully saturated rings. The molecule has 8 rings (SSSR count). The number of hydrogen-bond acceptors (Lipinski definition) is 22. The predicted molar refractivity (Wildman–Crippen MR) is 265 cm³/mol. The van der Waals surface area contributed by atoms with Crippen LogP contribution in [-0.2, 0) is 37.9 Å². The fourth-order valence-electron chi connectivity index (χ4n) is 16.2. The lowest BCUT2D eigenvalue weighted by Crippen LogP contribution is -2.68. The summed E-state index contributed by atoms with van der Waals surface area (Å²) in [4.78, 5) is 0. The van der Waals surface area contributed by atoms with Gasteiger partial charge in [0.15, 0.2) is 25.2 Å². The summed E-state index contributed by atoms with van der Waals surface area (Å²) in [5, 5.41) is 152. The van der Waals surface area contributed by atoms with E-state index in [0.717, 1.165) is 24.8 Å². The normalized spacial score (nSPS) is 53.2. The van der Waals surface area contributed by atoms with E-state index in [1.54, 1.807) is 0 Å². The molecule has 10 unspecified atom stereocenters. The van der Waals surface area contributed by atoms with Crippen LogP contribution in [-0.4, -0.2) is 232 Å². The van der Waals surface area contributed by atoms with Crippen molar-refractivity contribution in [1.29, 1.82) is 0 Å². The van der Waals surface area contributed by atoms with Gasteiger partial charge in [-0.15, -0.1) is 0 Å². The molecule has 0 aromatic carbocycles. The van der Waals surface area contributed by atoms with E-state index in [1.807, 2.05) is 20.8 Å². The number of ether oxygens (including phenoxy) is 8. The summed E-state index contributed by atoms with van der Waals surface area (Å²) in [6.07, 6.45) is -23.7. The van der Waals surface area contributed by atoms with E-state index < -0.39 is 171 Å². The molecule has 0 aromatic rings. The highest BCUT2D eigenvalue weighted by molar-refractivity contribution is 5.20. The molecule has 22 heteroatoms. The van der Waals surface area contributed by atoms with E-state index in [2.05, 4.69) is 40.7 Å². The van der Waals surface area contributed by atoms with Crippen molar-refractivity contribution >= 4 is 0 Å². The minimum absolute atomic E-state index is 0.0493. The Balaban J connectivity index is 1.01. The third kappa shape index (κ3) is 10.5. The lowest BCUT2D eigenvalue weighted by Gasteiger charge is -2.71. The zero-order valence-electron chi connectivity index (χ0n) is 45.6. The summed E-state index contributed by atoms with van der Waals surface area (Å²) in [7, 11) is 0. The summed E-state index contributed by atoms with van der Waals surface area (Å²) in [6.45, 7) is 16.9. The lowest BCUT2D eigenvalue weighted by molar-refractivity contribution is -0.378. The molecule has 22 nitrogen and oxygen atoms in total. The predicted octanol–water partition coefficient (Wildman–Crippen LogP) is -1.17. The van der Waals surface area contributed by atoms with E-state index in [9.17, 15) is 71.5 Å². The molecule has 4 aliphatic heterocycles. The molecular weight excluding hydrogens is 1000 g/mol. The first-order valence-electron chi connectivity index (χ1n) is 27.7. The van der Waals surface area contributed by atoms with E-state index in [4.69, 9.17) is 37.9 Å². The number of aliphatic hydroxyl groups is 14. The summed E-state index contributed by atoms with van der Waals surface area (Å²) >= 11 is 0. The minimum atomic E-state index is -1.81. The van der Waals surface area contributed by atoms with Gasteiger partial charge in [-0.25, -0.2) is 0 Å². The van der Waals surface area contributed by atoms with Gasteiger partial charge in [-0.1, -0.05) is 46.3 Å². The zero-order chi connectivity index (χ0) is 55.9. The van der Waals surface area contributed by atoms with Crippen molar-refractivity contribution < 1.29 is 109 Å². The van der Waals surface area contributed by atoms with Gasteiger partial charge in [0.1, 0.15) is 91.6 Å². The average Bonchev–Trinajstić information content (AvgIpc) is 3.77. The van der Waals surface area contributed by atoms with Crippen LogP contribution in [0, 0.1) is 45.3 Å². The van der Waals surface area contributed by atoms with Crippen LogP contribution >= 0.6 is 0 Å². The molecule has 76 heavy (non-hydrogen) atoms. The van der Waals surface area contributed by atoms with E-state index in [-0.39, 0.29) is 34.5 Å². The Labute approximate surface area is 445 Å². The van der Waals surface area contributed by atoms with Gasteiger partial charge in [-0.05, 0) is 131 Å². The maximum absolute atomic E-state index is 12.8. The average molecular weight is 1090 g/mol. The standard InChI is InChI=1S/C54H92O22/c1-23(2)11-10-15-54(9,76-48-44(68)40(64)37(61)29(73-48)22-69-46-42(66)38(62)34(58)24(3)70-46)25-12-17-53(8)33(25)26(57)19-31-51(6)16-14-32(50(4,5)30(51)13-18-52(31,53)7)74-49-45(41(65)36(60)28(21-56)72-49)75-47-43(67)39(63)35(59)27(20-55)71-47/h11,24-49,55-68H,10,12-22H2,1-9H3/t24-,25?,26?,27+,28+,29+,30?,31?,32?,33?,34-,35+,36+,37+,38+,39-,40-,41-,42+,43+,44+,45+,46+,47-,48-,49-,51?,52?,53?,54?/m0/s1. The number of allylic oxidation sites excluding steroid dienone is 2. The second-order valence-corrected chi connectivity index (χ2v) is 25.7. The Morgan fingerprint density at radius 2 is 1.13 bits per heavy atom. The highest BCUT2D eigenvalue weighted by Crippen LogP contribution is 2.76. The maximum atomic E-state index is 12.8. The summed E-state index contributed by atoms with van der Waals surface area (Å²) in [6, 6.07) is 0. The summed E-state index contributed by atoms with van der Waals surface area (Å²) in [5.41, 5.74) is -1.49. The maximum Gasteiger partial charge on any atom is 0.187 e. The number of aliphatic hydroxyl groups excluding tert-OH is 14. The van der Waals surface area contributed by atoms with Crippen molar-refractivity contribution in [3.63, 3.8) is 0 Å². The first-order chi connectivity index (χ1) is 35.5. The molecule has 4 aliphatic carbocycles. The molecule has 4 saturated carbocycles. The lowest BCUT2D eigenvalue weighted by atomic mass is 9.35. The molecule has 14 N–H and O–H groups in total. The Hall–Kier alpha value is -1.14. The van der Waals surface area contributed by atoms with E-state index >= 15 is 0 Å². The Kier molecular flexibility index (Phi) is 18.4. The van der Waals surface area contributed by atoms with Crippen molar-refractivity contribution in [1.82, 2.24) is 0 Å². The Morgan fingerprint density at radius 3 is 1.76 bits per heavy atom. The van der Waals surface area contributed by atoms with Crippen LogP contribution < -0.4 is 0 Å². The summed E-state index contributed by atoms with van der Waals surface area (Å²) < 4.78 is 49.1. The topological polar surface area (TPSA) is 357 Å². The Bertz CT molecular complexity index is 1980. The Morgan fingerprint density at radius 1 is 0.579 bits per heavy atom. The number of rotatable bonds is 15. The van der Waals surface area contributed by atoms with Crippen molar-refractivity contribution in [2.75, 3.05) is 19.8 Å². The van der Waals surface area contributed by atoms with Crippen molar-refractivity contribution in [3.8, 4) is 0 Å².